The van der Waals surface area contributed by atoms with Gasteiger partial charge in [0.15, 0.2) is 0 Å². The monoisotopic (exact) mass is 276 g/mol. The van der Waals surface area contributed by atoms with Crippen LogP contribution in [0.4, 0.5) is 0 Å². The topological polar surface area (TPSA) is 64.4 Å². The van der Waals surface area contributed by atoms with E-state index in [0.717, 1.165) is 6.54 Å². The molecule has 0 aromatic carbocycles. The maximum absolute atomic E-state index is 12.1. The predicted octanol–water partition coefficient (Wildman–Crippen LogP) is 1.61. The normalized spacial score (nSPS) is 23.9. The average Bonchev–Trinajstić information content (AvgIpc) is 3.08. The summed E-state index contributed by atoms with van der Waals surface area (Å²) >= 11 is 0. The summed E-state index contributed by atoms with van der Waals surface area (Å²) in [6, 6.07) is 0. The summed E-state index contributed by atoms with van der Waals surface area (Å²) in [6.07, 6.45) is 6.19. The molecule has 1 aliphatic carbocycles. The number of nitrogens with one attached hydrogen (secondary N) is 1. The van der Waals surface area contributed by atoms with E-state index in [1.54, 1.807) is 0 Å². The molecule has 3 N–H and O–H groups in total. The van der Waals surface area contributed by atoms with Crippen LogP contribution in [0.1, 0.15) is 45.4 Å². The van der Waals surface area contributed by atoms with Crippen LogP contribution in [0.2, 0.25) is 0 Å². The third kappa shape index (κ3) is 3.59. The van der Waals surface area contributed by atoms with Gasteiger partial charge in [-0.25, -0.2) is 0 Å². The molecule has 0 spiro atoms. The fraction of sp³-hybridized carbons (Fsp3) is 0.923. The molecule has 1 saturated heterocycles. The Kier molecular flexibility index (Phi) is 5.44. The second kappa shape index (κ2) is 6.22. The molecule has 1 heterocycles. The molecule has 0 atom stereocenters. The lowest BCUT2D eigenvalue weighted by molar-refractivity contribution is -0.130. The maximum Gasteiger partial charge on any atom is 0.240 e. The number of hydrogen-bond donors (Lipinski definition) is 2. The fourth-order valence-electron chi connectivity index (χ4n) is 2.63. The number of nitrogens with two attached hydrogens (primary N) is 1. The molecule has 2 fully saturated rings. The van der Waals surface area contributed by atoms with Gasteiger partial charge in [0, 0.05) is 19.8 Å². The van der Waals surface area contributed by atoms with Crippen LogP contribution < -0.4 is 11.1 Å². The van der Waals surface area contributed by atoms with Crippen LogP contribution in [-0.4, -0.2) is 31.2 Å². The molecule has 106 valence electrons. The van der Waals surface area contributed by atoms with E-state index < -0.39 is 5.54 Å². The van der Waals surface area contributed by atoms with Crippen molar-refractivity contribution >= 4 is 18.3 Å². The van der Waals surface area contributed by atoms with E-state index in [9.17, 15) is 4.79 Å². The zero-order valence-electron chi connectivity index (χ0n) is 11.2. The zero-order chi connectivity index (χ0) is 12.4. The lowest BCUT2D eigenvalue weighted by Crippen LogP contribution is -2.57. The van der Waals surface area contributed by atoms with Crippen LogP contribution in [0.25, 0.3) is 0 Å². The van der Waals surface area contributed by atoms with Gasteiger partial charge in [0.05, 0.1) is 5.54 Å². The first-order valence-electron chi connectivity index (χ1n) is 6.75. The van der Waals surface area contributed by atoms with Gasteiger partial charge < -0.3 is 15.8 Å². The number of rotatable bonds is 5. The standard InChI is InChI=1S/C13H24N2O2.ClH/c1-2-3-12(4-5-12)10-15-11(16)13(14)6-8-17-9-7-13;/h2-10,14H2,1H3,(H,15,16);1H. The molecule has 0 unspecified atom stereocenters. The summed E-state index contributed by atoms with van der Waals surface area (Å²) in [5.41, 5.74) is 5.84. The van der Waals surface area contributed by atoms with E-state index in [2.05, 4.69) is 12.2 Å². The summed E-state index contributed by atoms with van der Waals surface area (Å²) < 4.78 is 5.25. The molecule has 2 rings (SSSR count). The van der Waals surface area contributed by atoms with E-state index in [1.165, 1.54) is 25.7 Å². The summed E-state index contributed by atoms with van der Waals surface area (Å²) in [7, 11) is 0. The van der Waals surface area contributed by atoms with Crippen molar-refractivity contribution in [2.75, 3.05) is 19.8 Å². The number of carbonyl (C=O) groups is 1. The highest BCUT2D eigenvalue weighted by Gasteiger charge is 2.43. The summed E-state index contributed by atoms with van der Waals surface area (Å²) in [5.74, 6) is 0.0168. The SMILES string of the molecule is CCCC1(CNC(=O)C2(N)CCOCC2)CC1.Cl. The van der Waals surface area contributed by atoms with Crippen LogP contribution >= 0.6 is 12.4 Å². The zero-order valence-corrected chi connectivity index (χ0v) is 12.0. The summed E-state index contributed by atoms with van der Waals surface area (Å²) in [4.78, 5) is 12.1. The second-order valence-electron chi connectivity index (χ2n) is 5.70. The first kappa shape index (κ1) is 15.7. The molecular weight excluding hydrogens is 252 g/mol. The molecule has 0 bridgehead atoms. The van der Waals surface area contributed by atoms with Gasteiger partial charge in [-0.3, -0.25) is 4.79 Å². The second-order valence-corrected chi connectivity index (χ2v) is 5.70. The van der Waals surface area contributed by atoms with E-state index in [0.29, 0.717) is 31.5 Å². The maximum atomic E-state index is 12.1. The number of ether oxygens (including phenoxy) is 1. The average molecular weight is 277 g/mol. The van der Waals surface area contributed by atoms with Gasteiger partial charge in [0.25, 0.3) is 0 Å². The van der Waals surface area contributed by atoms with E-state index in [-0.39, 0.29) is 18.3 Å². The smallest absolute Gasteiger partial charge is 0.240 e. The Hall–Kier alpha value is -0.320. The van der Waals surface area contributed by atoms with Crippen molar-refractivity contribution in [1.29, 1.82) is 0 Å². The minimum atomic E-state index is -0.694. The number of carbonyl (C=O) groups excluding carboxylic acids is 1. The van der Waals surface area contributed by atoms with Crippen molar-refractivity contribution < 1.29 is 9.53 Å². The molecule has 0 aromatic heterocycles. The molecule has 4 nitrogen and oxygen atoms in total. The summed E-state index contributed by atoms with van der Waals surface area (Å²) in [6.45, 7) is 4.21. The molecule has 0 aromatic rings. The van der Waals surface area contributed by atoms with Crippen molar-refractivity contribution in [3.8, 4) is 0 Å². The van der Waals surface area contributed by atoms with Crippen LogP contribution in [-0.2, 0) is 9.53 Å². The van der Waals surface area contributed by atoms with Gasteiger partial charge in [0.1, 0.15) is 0 Å². The van der Waals surface area contributed by atoms with Gasteiger partial charge >= 0.3 is 0 Å². The first-order chi connectivity index (χ1) is 8.10. The molecule has 0 radical (unpaired) electrons. The van der Waals surface area contributed by atoms with E-state index >= 15 is 0 Å². The van der Waals surface area contributed by atoms with Gasteiger partial charge in [-0.05, 0) is 37.5 Å². The van der Waals surface area contributed by atoms with Crippen molar-refractivity contribution in [3.63, 3.8) is 0 Å². The number of amides is 1. The van der Waals surface area contributed by atoms with Crippen LogP contribution in [0, 0.1) is 5.41 Å². The number of halogens is 1. The van der Waals surface area contributed by atoms with Gasteiger partial charge in [-0.15, -0.1) is 12.4 Å². The van der Waals surface area contributed by atoms with Crippen LogP contribution in [0.15, 0.2) is 0 Å². The minimum absolute atomic E-state index is 0. The highest BCUT2D eigenvalue weighted by atomic mass is 35.5. The van der Waals surface area contributed by atoms with Crippen molar-refractivity contribution in [2.24, 2.45) is 11.1 Å². The minimum Gasteiger partial charge on any atom is -0.381 e. The lowest BCUT2D eigenvalue weighted by Gasteiger charge is -2.32. The predicted molar refractivity (Wildman–Crippen MR) is 73.8 cm³/mol. The molecule has 5 heteroatoms. The van der Waals surface area contributed by atoms with Crippen LogP contribution in [0.3, 0.4) is 0 Å². The Bertz CT molecular complexity index is 287. The lowest BCUT2D eigenvalue weighted by atomic mass is 9.90. The van der Waals surface area contributed by atoms with Crippen LogP contribution in [0.5, 0.6) is 0 Å². The van der Waals surface area contributed by atoms with Gasteiger partial charge in [0.2, 0.25) is 5.91 Å². The highest BCUT2D eigenvalue weighted by molar-refractivity contribution is 5.86. The summed E-state index contributed by atoms with van der Waals surface area (Å²) in [5, 5.41) is 3.06. The Balaban J connectivity index is 0.00000162. The molecular formula is C13H25ClN2O2. The van der Waals surface area contributed by atoms with Gasteiger partial charge in [-0.1, -0.05) is 13.3 Å². The largest absolute Gasteiger partial charge is 0.381 e. The molecule has 18 heavy (non-hydrogen) atoms. The van der Waals surface area contributed by atoms with Crippen molar-refractivity contribution in [3.05, 3.63) is 0 Å². The third-order valence-electron chi connectivity index (χ3n) is 4.20. The fourth-order valence-corrected chi connectivity index (χ4v) is 2.63. The third-order valence-corrected chi connectivity index (χ3v) is 4.20. The Morgan fingerprint density at radius 3 is 2.39 bits per heavy atom. The Labute approximate surface area is 115 Å². The van der Waals surface area contributed by atoms with Crippen molar-refractivity contribution in [2.45, 2.75) is 51.0 Å². The Morgan fingerprint density at radius 2 is 1.89 bits per heavy atom. The highest BCUT2D eigenvalue weighted by Crippen LogP contribution is 2.48. The van der Waals surface area contributed by atoms with Crippen molar-refractivity contribution in [1.82, 2.24) is 5.32 Å². The Morgan fingerprint density at radius 1 is 1.28 bits per heavy atom. The first-order valence-corrected chi connectivity index (χ1v) is 6.75. The number of hydrogen-bond acceptors (Lipinski definition) is 3. The molecule has 2 aliphatic rings. The quantitative estimate of drug-likeness (QED) is 0.802. The van der Waals surface area contributed by atoms with E-state index in [1.807, 2.05) is 0 Å². The molecule has 1 aliphatic heterocycles. The van der Waals surface area contributed by atoms with Gasteiger partial charge in [-0.2, -0.15) is 0 Å². The molecule has 1 saturated carbocycles. The molecule has 1 amide bonds. The van der Waals surface area contributed by atoms with E-state index in [4.69, 9.17) is 10.5 Å².